The third-order valence-corrected chi connectivity index (χ3v) is 4.25. The van der Waals surface area contributed by atoms with E-state index in [4.69, 9.17) is 9.84 Å². The van der Waals surface area contributed by atoms with Crippen molar-refractivity contribution in [2.24, 2.45) is 17.8 Å². The molecule has 2 amide bonds. The Morgan fingerprint density at radius 2 is 1.68 bits per heavy atom. The van der Waals surface area contributed by atoms with Crippen molar-refractivity contribution >= 4 is 18.0 Å². The quantitative estimate of drug-likeness (QED) is 0.632. The van der Waals surface area contributed by atoms with Crippen molar-refractivity contribution in [2.75, 3.05) is 19.7 Å². The van der Waals surface area contributed by atoms with Gasteiger partial charge in [-0.2, -0.15) is 0 Å². The Kier molecular flexibility index (Phi) is 5.80. The minimum absolute atomic E-state index is 0.284. The van der Waals surface area contributed by atoms with Gasteiger partial charge in [-0.25, -0.2) is 4.79 Å². The normalized spacial score (nSPS) is 27.5. The zero-order valence-corrected chi connectivity index (χ0v) is 12.4. The second kappa shape index (κ2) is 7.82. The number of hydrogen-bond acceptors (Lipinski definition) is 4. The van der Waals surface area contributed by atoms with Crippen LogP contribution in [-0.2, 0) is 14.3 Å². The van der Waals surface area contributed by atoms with Crippen LogP contribution in [0.1, 0.15) is 25.7 Å². The van der Waals surface area contributed by atoms with Crippen molar-refractivity contribution < 1.29 is 24.2 Å². The summed E-state index contributed by atoms with van der Waals surface area (Å²) in [4.78, 5) is 33.0. The van der Waals surface area contributed by atoms with Gasteiger partial charge in [0, 0.05) is 0 Å². The van der Waals surface area contributed by atoms with Crippen LogP contribution in [0.5, 0.6) is 0 Å². The number of carboxylic acids is 1. The van der Waals surface area contributed by atoms with E-state index in [0.29, 0.717) is 24.4 Å². The van der Waals surface area contributed by atoms with E-state index in [2.05, 4.69) is 22.8 Å². The van der Waals surface area contributed by atoms with Gasteiger partial charge in [0.15, 0.2) is 0 Å². The molecule has 122 valence electrons. The van der Waals surface area contributed by atoms with Gasteiger partial charge in [-0.15, -0.1) is 0 Å². The number of nitrogens with one attached hydrogen (secondary N) is 2. The highest BCUT2D eigenvalue weighted by Gasteiger charge is 2.49. The molecule has 3 N–H and O–H groups in total. The van der Waals surface area contributed by atoms with E-state index in [-0.39, 0.29) is 6.54 Å². The summed E-state index contributed by atoms with van der Waals surface area (Å²) in [5.41, 5.74) is 0. The molecule has 0 aromatic heterocycles. The van der Waals surface area contributed by atoms with Crippen LogP contribution in [-0.4, -0.2) is 42.8 Å². The van der Waals surface area contributed by atoms with E-state index >= 15 is 0 Å². The fraction of sp³-hybridized carbons (Fsp3) is 0.667. The molecule has 0 bridgehead atoms. The van der Waals surface area contributed by atoms with Crippen LogP contribution in [0.15, 0.2) is 12.2 Å². The Morgan fingerprint density at radius 3 is 2.27 bits per heavy atom. The lowest BCUT2D eigenvalue weighted by atomic mass is 10.1. The Morgan fingerprint density at radius 1 is 1.05 bits per heavy atom. The molecule has 0 radical (unpaired) electrons. The molecule has 3 atom stereocenters. The average molecular weight is 310 g/mol. The van der Waals surface area contributed by atoms with E-state index in [0.717, 1.165) is 25.7 Å². The summed E-state index contributed by atoms with van der Waals surface area (Å²) in [6, 6.07) is 0. The van der Waals surface area contributed by atoms with Crippen LogP contribution < -0.4 is 10.6 Å². The summed E-state index contributed by atoms with van der Waals surface area (Å²) in [6.07, 6.45) is 8.27. The van der Waals surface area contributed by atoms with Crippen molar-refractivity contribution in [3.8, 4) is 0 Å². The highest BCUT2D eigenvalue weighted by Crippen LogP contribution is 2.52. The number of hydrogen-bond donors (Lipinski definition) is 3. The molecule has 0 aromatic carbocycles. The van der Waals surface area contributed by atoms with Crippen LogP contribution in [0.25, 0.3) is 0 Å². The molecule has 1 fully saturated rings. The Hall–Kier alpha value is -2.05. The van der Waals surface area contributed by atoms with Gasteiger partial charge in [0.1, 0.15) is 13.1 Å². The van der Waals surface area contributed by atoms with E-state index < -0.39 is 24.5 Å². The SMILES string of the molecule is O=C(O)CNC(=O)CNC(=O)OCC1[C@H]2CC/C=C\CC[C@@H]12. The van der Waals surface area contributed by atoms with Crippen LogP contribution in [0.3, 0.4) is 0 Å². The van der Waals surface area contributed by atoms with Crippen molar-refractivity contribution in [2.45, 2.75) is 25.7 Å². The Balaban J connectivity index is 1.58. The molecular formula is C15H22N2O5. The summed E-state index contributed by atoms with van der Waals surface area (Å²) in [5, 5.41) is 12.9. The first-order chi connectivity index (χ1) is 10.6. The average Bonchev–Trinajstić information content (AvgIpc) is 3.10. The monoisotopic (exact) mass is 310 g/mol. The number of alkyl carbamates (subject to hydrolysis) is 1. The first-order valence-electron chi connectivity index (χ1n) is 7.62. The second-order valence-electron chi connectivity index (χ2n) is 5.74. The molecule has 0 aromatic rings. The topological polar surface area (TPSA) is 105 Å². The molecule has 2 rings (SSSR count). The number of amides is 2. The van der Waals surface area contributed by atoms with Crippen molar-refractivity contribution in [3.63, 3.8) is 0 Å². The predicted molar refractivity (Wildman–Crippen MR) is 78.1 cm³/mol. The van der Waals surface area contributed by atoms with Gasteiger partial charge in [0.05, 0.1) is 6.61 Å². The molecule has 0 saturated heterocycles. The highest BCUT2D eigenvalue weighted by atomic mass is 16.5. The second-order valence-corrected chi connectivity index (χ2v) is 5.74. The molecule has 2 aliphatic rings. The number of aliphatic carboxylic acids is 1. The zero-order valence-electron chi connectivity index (χ0n) is 12.4. The van der Waals surface area contributed by atoms with E-state index in [1.54, 1.807) is 0 Å². The summed E-state index contributed by atoms with van der Waals surface area (Å²) in [7, 11) is 0. The van der Waals surface area contributed by atoms with Gasteiger partial charge in [-0.05, 0) is 43.4 Å². The standard InChI is InChI=1S/C15H22N2O5/c18-13(16-8-14(19)20)7-17-15(21)22-9-12-10-5-3-1-2-4-6-11(10)12/h1-2,10-12H,3-9H2,(H,16,18)(H,17,21)(H,19,20)/b2-1-/t10-,11+,12?. The lowest BCUT2D eigenvalue weighted by molar-refractivity contribution is -0.137. The molecule has 1 unspecified atom stereocenters. The van der Waals surface area contributed by atoms with Crippen molar-refractivity contribution in [1.82, 2.24) is 10.6 Å². The molecule has 0 heterocycles. The summed E-state index contributed by atoms with van der Waals surface area (Å²) in [6.45, 7) is -0.361. The lowest BCUT2D eigenvalue weighted by Crippen LogP contribution is -2.39. The van der Waals surface area contributed by atoms with Crippen LogP contribution in [0.2, 0.25) is 0 Å². The van der Waals surface area contributed by atoms with Gasteiger partial charge < -0.3 is 20.5 Å². The Bertz CT molecular complexity index is 447. The number of rotatable bonds is 6. The number of allylic oxidation sites excluding steroid dienone is 2. The maximum atomic E-state index is 11.5. The van der Waals surface area contributed by atoms with Crippen molar-refractivity contribution in [3.05, 3.63) is 12.2 Å². The molecule has 7 nitrogen and oxygen atoms in total. The molecule has 2 aliphatic carbocycles. The minimum Gasteiger partial charge on any atom is -0.480 e. The van der Waals surface area contributed by atoms with E-state index in [1.807, 2.05) is 0 Å². The smallest absolute Gasteiger partial charge is 0.407 e. The van der Waals surface area contributed by atoms with Gasteiger partial charge in [-0.3, -0.25) is 9.59 Å². The first kappa shape index (κ1) is 16.3. The molecule has 7 heteroatoms. The number of carbonyl (C=O) groups excluding carboxylic acids is 2. The molecule has 1 saturated carbocycles. The zero-order chi connectivity index (χ0) is 15.9. The summed E-state index contributed by atoms with van der Waals surface area (Å²) >= 11 is 0. The number of carboxylic acid groups (broad SMARTS) is 1. The van der Waals surface area contributed by atoms with Gasteiger partial charge in [-0.1, -0.05) is 12.2 Å². The lowest BCUT2D eigenvalue weighted by Gasteiger charge is -2.07. The molecule has 0 aliphatic heterocycles. The van der Waals surface area contributed by atoms with Gasteiger partial charge in [0.2, 0.25) is 5.91 Å². The number of fused-ring (bicyclic) bond motifs is 1. The van der Waals surface area contributed by atoms with Crippen LogP contribution in [0, 0.1) is 17.8 Å². The molecular weight excluding hydrogens is 288 g/mol. The van der Waals surface area contributed by atoms with Crippen LogP contribution >= 0.6 is 0 Å². The van der Waals surface area contributed by atoms with E-state index in [9.17, 15) is 14.4 Å². The summed E-state index contributed by atoms with van der Waals surface area (Å²) in [5.74, 6) is 0.0480. The first-order valence-corrected chi connectivity index (χ1v) is 7.62. The maximum Gasteiger partial charge on any atom is 0.407 e. The van der Waals surface area contributed by atoms with Crippen molar-refractivity contribution in [1.29, 1.82) is 0 Å². The predicted octanol–water partition coefficient (Wildman–Crippen LogP) is 0.906. The molecule has 0 spiro atoms. The van der Waals surface area contributed by atoms with E-state index in [1.165, 1.54) is 0 Å². The van der Waals surface area contributed by atoms with Gasteiger partial charge in [0.25, 0.3) is 0 Å². The number of ether oxygens (including phenoxy) is 1. The highest BCUT2D eigenvalue weighted by molar-refractivity contribution is 5.84. The largest absolute Gasteiger partial charge is 0.480 e. The summed E-state index contributed by atoms with van der Waals surface area (Å²) < 4.78 is 5.15. The van der Waals surface area contributed by atoms with Crippen LogP contribution in [0.4, 0.5) is 4.79 Å². The third kappa shape index (κ3) is 5.05. The maximum absolute atomic E-state index is 11.5. The minimum atomic E-state index is -1.13. The fourth-order valence-electron chi connectivity index (χ4n) is 3.05. The Labute approximate surface area is 129 Å². The fourth-order valence-corrected chi connectivity index (χ4v) is 3.05. The van der Waals surface area contributed by atoms with Gasteiger partial charge >= 0.3 is 12.1 Å². The third-order valence-electron chi connectivity index (χ3n) is 4.25. The molecule has 22 heavy (non-hydrogen) atoms. The number of carbonyl (C=O) groups is 3.